The predicted molar refractivity (Wildman–Crippen MR) is 69.2 cm³/mol. The minimum atomic E-state index is 0.293. The number of hydrogen-bond donors (Lipinski definition) is 2. The van der Waals surface area contributed by atoms with E-state index in [-0.39, 0.29) is 0 Å². The molecule has 0 aliphatic heterocycles. The summed E-state index contributed by atoms with van der Waals surface area (Å²) < 4.78 is 0. The van der Waals surface area contributed by atoms with Crippen LogP contribution in [0.1, 0.15) is 52.9 Å². The Morgan fingerprint density at radius 2 is 1.75 bits per heavy atom. The summed E-state index contributed by atoms with van der Waals surface area (Å²) >= 11 is 0. The van der Waals surface area contributed by atoms with Gasteiger partial charge in [-0.05, 0) is 61.8 Å². The van der Waals surface area contributed by atoms with Crippen molar-refractivity contribution >= 4 is 0 Å². The zero-order valence-electron chi connectivity index (χ0n) is 11.2. The van der Waals surface area contributed by atoms with Crippen molar-refractivity contribution in [3.63, 3.8) is 0 Å². The molecule has 0 heterocycles. The van der Waals surface area contributed by atoms with Gasteiger partial charge in [0.1, 0.15) is 0 Å². The molecule has 0 bridgehead atoms. The minimum Gasteiger partial charge on any atom is -0.396 e. The summed E-state index contributed by atoms with van der Waals surface area (Å²) in [5, 5.41) is 9.02. The average molecular weight is 227 g/mol. The van der Waals surface area contributed by atoms with Crippen molar-refractivity contribution in [2.24, 2.45) is 28.9 Å². The molecule has 0 spiro atoms. The Labute approximate surface area is 101 Å². The largest absolute Gasteiger partial charge is 0.396 e. The molecule has 1 aliphatic carbocycles. The van der Waals surface area contributed by atoms with E-state index in [1.807, 2.05) is 0 Å². The number of nitrogens with two attached hydrogens (primary N) is 1. The van der Waals surface area contributed by atoms with E-state index in [2.05, 4.69) is 20.8 Å². The summed E-state index contributed by atoms with van der Waals surface area (Å²) in [7, 11) is 0. The van der Waals surface area contributed by atoms with Crippen LogP contribution in [0.3, 0.4) is 0 Å². The van der Waals surface area contributed by atoms with Gasteiger partial charge < -0.3 is 10.8 Å². The summed E-state index contributed by atoms with van der Waals surface area (Å²) in [5.41, 5.74) is 6.26. The first-order chi connectivity index (χ1) is 7.49. The van der Waals surface area contributed by atoms with E-state index in [0.29, 0.717) is 17.9 Å². The van der Waals surface area contributed by atoms with E-state index >= 15 is 0 Å². The van der Waals surface area contributed by atoms with Gasteiger partial charge in [0.05, 0.1) is 0 Å². The molecule has 2 heteroatoms. The molecule has 16 heavy (non-hydrogen) atoms. The van der Waals surface area contributed by atoms with Crippen LogP contribution in [0.2, 0.25) is 0 Å². The third-order valence-electron chi connectivity index (χ3n) is 4.47. The molecule has 0 saturated heterocycles. The lowest BCUT2D eigenvalue weighted by atomic mass is 9.67. The van der Waals surface area contributed by atoms with Crippen LogP contribution < -0.4 is 5.73 Å². The molecule has 1 saturated carbocycles. The molecule has 1 atom stereocenters. The lowest BCUT2D eigenvalue weighted by Gasteiger charge is -2.39. The van der Waals surface area contributed by atoms with Gasteiger partial charge in [-0.25, -0.2) is 0 Å². The van der Waals surface area contributed by atoms with Crippen molar-refractivity contribution in [2.75, 3.05) is 13.2 Å². The first kappa shape index (κ1) is 14.0. The summed E-state index contributed by atoms with van der Waals surface area (Å²) in [4.78, 5) is 0. The molecule has 96 valence electrons. The lowest BCUT2D eigenvalue weighted by molar-refractivity contribution is 0.114. The summed E-state index contributed by atoms with van der Waals surface area (Å²) in [6.07, 6.45) is 6.20. The monoisotopic (exact) mass is 227 g/mol. The fourth-order valence-electron chi connectivity index (χ4n) is 3.17. The fraction of sp³-hybridized carbons (Fsp3) is 1.00. The van der Waals surface area contributed by atoms with Gasteiger partial charge in [0.2, 0.25) is 0 Å². The van der Waals surface area contributed by atoms with Crippen LogP contribution in [-0.2, 0) is 0 Å². The second-order valence-electron chi connectivity index (χ2n) is 6.49. The quantitative estimate of drug-likeness (QED) is 0.776. The Bertz CT molecular complexity index is 189. The number of rotatable bonds is 4. The van der Waals surface area contributed by atoms with Gasteiger partial charge in [0.15, 0.2) is 0 Å². The van der Waals surface area contributed by atoms with Crippen molar-refractivity contribution in [3.05, 3.63) is 0 Å². The lowest BCUT2D eigenvalue weighted by Crippen LogP contribution is -2.31. The van der Waals surface area contributed by atoms with E-state index in [0.717, 1.165) is 24.8 Å². The van der Waals surface area contributed by atoms with E-state index in [9.17, 15) is 0 Å². The van der Waals surface area contributed by atoms with E-state index in [1.54, 1.807) is 0 Å². The summed E-state index contributed by atoms with van der Waals surface area (Å²) in [6, 6.07) is 0. The van der Waals surface area contributed by atoms with Gasteiger partial charge in [0, 0.05) is 6.61 Å². The maximum absolute atomic E-state index is 9.02. The smallest absolute Gasteiger partial charge is 0.0434 e. The predicted octanol–water partition coefficient (Wildman–Crippen LogP) is 2.80. The molecule has 3 N–H and O–H groups in total. The molecule has 0 radical (unpaired) electrons. The standard InChI is InChI=1S/C14H29NO/c1-14(2,3)13-6-4-11(5-7-13)12(10-15)8-9-16/h11-13,16H,4-10,15H2,1-3H3. The summed E-state index contributed by atoms with van der Waals surface area (Å²) in [6.45, 7) is 8.09. The maximum Gasteiger partial charge on any atom is 0.0434 e. The van der Waals surface area contributed by atoms with Crippen LogP contribution >= 0.6 is 0 Å². The van der Waals surface area contributed by atoms with Gasteiger partial charge in [-0.1, -0.05) is 20.8 Å². The highest BCUT2D eigenvalue weighted by Gasteiger charge is 2.32. The fourth-order valence-corrected chi connectivity index (χ4v) is 3.17. The molecular weight excluding hydrogens is 198 g/mol. The van der Waals surface area contributed by atoms with Crippen LogP contribution in [0, 0.1) is 23.2 Å². The second kappa shape index (κ2) is 6.02. The first-order valence-electron chi connectivity index (χ1n) is 6.80. The third-order valence-corrected chi connectivity index (χ3v) is 4.47. The molecule has 0 aromatic rings. The number of aliphatic hydroxyl groups is 1. The highest BCUT2D eigenvalue weighted by molar-refractivity contribution is 4.83. The van der Waals surface area contributed by atoms with Crippen molar-refractivity contribution in [2.45, 2.75) is 52.9 Å². The van der Waals surface area contributed by atoms with Crippen molar-refractivity contribution in [1.82, 2.24) is 0 Å². The van der Waals surface area contributed by atoms with Gasteiger partial charge in [-0.3, -0.25) is 0 Å². The molecule has 2 nitrogen and oxygen atoms in total. The topological polar surface area (TPSA) is 46.2 Å². The molecule has 0 aromatic heterocycles. The summed E-state index contributed by atoms with van der Waals surface area (Å²) in [5.74, 6) is 2.18. The highest BCUT2D eigenvalue weighted by Crippen LogP contribution is 2.42. The zero-order valence-corrected chi connectivity index (χ0v) is 11.2. The Kier molecular flexibility index (Phi) is 5.26. The molecule has 0 amide bonds. The molecule has 1 fully saturated rings. The molecule has 1 rings (SSSR count). The minimum absolute atomic E-state index is 0.293. The third kappa shape index (κ3) is 3.74. The Balaban J connectivity index is 2.41. The van der Waals surface area contributed by atoms with Crippen LogP contribution in [0.5, 0.6) is 0 Å². The highest BCUT2D eigenvalue weighted by atomic mass is 16.3. The van der Waals surface area contributed by atoms with Gasteiger partial charge in [0.25, 0.3) is 0 Å². The molecule has 1 unspecified atom stereocenters. The van der Waals surface area contributed by atoms with Crippen LogP contribution in [0.4, 0.5) is 0 Å². The van der Waals surface area contributed by atoms with Crippen molar-refractivity contribution in [3.8, 4) is 0 Å². The molecule has 0 aromatic carbocycles. The van der Waals surface area contributed by atoms with Crippen LogP contribution in [0.25, 0.3) is 0 Å². The van der Waals surface area contributed by atoms with E-state index in [1.165, 1.54) is 25.7 Å². The van der Waals surface area contributed by atoms with Crippen molar-refractivity contribution in [1.29, 1.82) is 0 Å². The van der Waals surface area contributed by atoms with Crippen molar-refractivity contribution < 1.29 is 5.11 Å². The number of hydrogen-bond acceptors (Lipinski definition) is 2. The number of aliphatic hydroxyl groups excluding tert-OH is 1. The Morgan fingerprint density at radius 1 is 1.19 bits per heavy atom. The molecule has 1 aliphatic rings. The van der Waals surface area contributed by atoms with E-state index in [4.69, 9.17) is 10.8 Å². The Morgan fingerprint density at radius 3 is 2.12 bits per heavy atom. The SMILES string of the molecule is CC(C)(C)C1CCC(C(CN)CCO)CC1. The normalized spacial score (nSPS) is 29.1. The second-order valence-corrected chi connectivity index (χ2v) is 6.49. The average Bonchev–Trinajstić information content (AvgIpc) is 2.25. The first-order valence-corrected chi connectivity index (χ1v) is 6.80. The van der Waals surface area contributed by atoms with Gasteiger partial charge in [-0.2, -0.15) is 0 Å². The zero-order chi connectivity index (χ0) is 12.2. The Hall–Kier alpha value is -0.0800. The van der Waals surface area contributed by atoms with Gasteiger partial charge in [-0.15, -0.1) is 0 Å². The molecular formula is C14H29NO. The van der Waals surface area contributed by atoms with Gasteiger partial charge >= 0.3 is 0 Å². The maximum atomic E-state index is 9.02. The van der Waals surface area contributed by atoms with Crippen LogP contribution in [0.15, 0.2) is 0 Å². The van der Waals surface area contributed by atoms with E-state index < -0.39 is 0 Å². The van der Waals surface area contributed by atoms with Crippen LogP contribution in [-0.4, -0.2) is 18.3 Å².